The molecular weight excluding hydrogens is 460 g/mol. The molecule has 188 valence electrons. The third kappa shape index (κ3) is 6.37. The fraction of sp³-hybridized carbons (Fsp3) is 0.267. The Morgan fingerprint density at radius 3 is 2.59 bits per heavy atom. The summed E-state index contributed by atoms with van der Waals surface area (Å²) in [6.45, 7) is 4.34. The van der Waals surface area contributed by atoms with Gasteiger partial charge in [-0.05, 0) is 106 Å². The topological polar surface area (TPSA) is 83.0 Å². The molecule has 0 unspecified atom stereocenters. The maximum absolute atomic E-state index is 12.9. The summed E-state index contributed by atoms with van der Waals surface area (Å²) >= 11 is 0. The van der Waals surface area contributed by atoms with Gasteiger partial charge in [-0.3, -0.25) is 9.78 Å². The number of amides is 1. The highest BCUT2D eigenvalue weighted by molar-refractivity contribution is 6.04. The molecule has 7 heteroatoms. The molecule has 5 rings (SSSR count). The monoisotopic (exact) mass is 492 g/mol. The van der Waals surface area contributed by atoms with Gasteiger partial charge in [0.15, 0.2) is 0 Å². The summed E-state index contributed by atoms with van der Waals surface area (Å²) in [5.74, 6) is 1.08. The largest absolute Gasteiger partial charge is 0.324 e. The Bertz CT molecular complexity index is 1350. The molecule has 1 amide bonds. The number of carbonyl (C=O) groups excluding carboxylic acids is 1. The smallest absolute Gasteiger partial charge is 0.255 e. The predicted molar refractivity (Wildman–Crippen MR) is 148 cm³/mol. The van der Waals surface area contributed by atoms with Gasteiger partial charge in [0, 0.05) is 41.1 Å². The molecule has 0 radical (unpaired) electrons. The van der Waals surface area contributed by atoms with Crippen LogP contribution in [0.3, 0.4) is 0 Å². The quantitative estimate of drug-likeness (QED) is 0.343. The molecular formula is C30H32N6O. The van der Waals surface area contributed by atoms with Crippen molar-refractivity contribution in [2.24, 2.45) is 5.92 Å². The van der Waals surface area contributed by atoms with Gasteiger partial charge in [0.05, 0.1) is 5.69 Å². The number of anilines is 3. The average Bonchev–Trinajstić information content (AvgIpc) is 2.93. The number of likely N-dealkylation sites (tertiary alicyclic amines) is 1. The van der Waals surface area contributed by atoms with E-state index in [0.29, 0.717) is 17.2 Å². The van der Waals surface area contributed by atoms with Crippen LogP contribution in [0, 0.1) is 12.8 Å². The number of benzene rings is 2. The highest BCUT2D eigenvalue weighted by Crippen LogP contribution is 2.25. The fourth-order valence-corrected chi connectivity index (χ4v) is 4.64. The van der Waals surface area contributed by atoms with E-state index in [1.54, 1.807) is 18.6 Å². The van der Waals surface area contributed by atoms with Crippen molar-refractivity contribution < 1.29 is 4.79 Å². The van der Waals surface area contributed by atoms with Crippen LogP contribution in [0.1, 0.15) is 34.3 Å². The van der Waals surface area contributed by atoms with Gasteiger partial charge < -0.3 is 15.5 Å². The molecule has 1 aliphatic heterocycles. The summed E-state index contributed by atoms with van der Waals surface area (Å²) in [7, 11) is 2.19. The number of nitrogens with one attached hydrogen (secondary N) is 2. The highest BCUT2D eigenvalue weighted by Gasteiger charge is 2.17. The minimum absolute atomic E-state index is 0.129. The Kier molecular flexibility index (Phi) is 7.51. The molecule has 0 atom stereocenters. The van der Waals surface area contributed by atoms with E-state index >= 15 is 0 Å². The van der Waals surface area contributed by atoms with Crippen molar-refractivity contribution in [3.8, 4) is 11.3 Å². The Hall–Kier alpha value is -4.10. The van der Waals surface area contributed by atoms with Crippen molar-refractivity contribution in [2.75, 3.05) is 30.8 Å². The molecule has 1 aliphatic rings. The lowest BCUT2D eigenvalue weighted by Crippen LogP contribution is -2.30. The summed E-state index contributed by atoms with van der Waals surface area (Å²) < 4.78 is 0. The van der Waals surface area contributed by atoms with Gasteiger partial charge in [-0.25, -0.2) is 9.97 Å². The number of carbonyl (C=O) groups is 1. The van der Waals surface area contributed by atoms with Crippen molar-refractivity contribution in [3.05, 3.63) is 95.9 Å². The SMILES string of the molecule is Cc1ccc(NC(=O)c2ccc(CC3CCN(C)CC3)cc2)cc1Nc1nccc(-c2cccnc2)n1. The van der Waals surface area contributed by atoms with Crippen LogP contribution in [0.25, 0.3) is 11.3 Å². The predicted octanol–water partition coefficient (Wildman–Crippen LogP) is 5.73. The van der Waals surface area contributed by atoms with Gasteiger partial charge in [-0.1, -0.05) is 18.2 Å². The second kappa shape index (κ2) is 11.3. The van der Waals surface area contributed by atoms with Crippen LogP contribution < -0.4 is 10.6 Å². The first-order chi connectivity index (χ1) is 18.0. The van der Waals surface area contributed by atoms with Crippen molar-refractivity contribution in [2.45, 2.75) is 26.2 Å². The number of hydrogen-bond donors (Lipinski definition) is 2. The van der Waals surface area contributed by atoms with Gasteiger partial charge in [0.2, 0.25) is 5.95 Å². The van der Waals surface area contributed by atoms with E-state index in [4.69, 9.17) is 0 Å². The minimum Gasteiger partial charge on any atom is -0.324 e. The first kappa shape index (κ1) is 24.6. The Morgan fingerprint density at radius 2 is 1.84 bits per heavy atom. The zero-order chi connectivity index (χ0) is 25.6. The second-order valence-corrected chi connectivity index (χ2v) is 9.76. The van der Waals surface area contributed by atoms with Crippen LogP contribution in [-0.2, 0) is 6.42 Å². The molecule has 37 heavy (non-hydrogen) atoms. The summed E-state index contributed by atoms with van der Waals surface area (Å²) in [5, 5.41) is 6.31. The summed E-state index contributed by atoms with van der Waals surface area (Å²) in [6, 6.07) is 19.5. The van der Waals surface area contributed by atoms with Crippen LogP contribution in [0.5, 0.6) is 0 Å². The Labute approximate surface area is 218 Å². The maximum atomic E-state index is 12.9. The fourth-order valence-electron chi connectivity index (χ4n) is 4.64. The van der Waals surface area contributed by atoms with Crippen LogP contribution in [0.4, 0.5) is 17.3 Å². The van der Waals surface area contributed by atoms with E-state index in [2.05, 4.69) is 49.7 Å². The van der Waals surface area contributed by atoms with Crippen LogP contribution in [0.15, 0.2) is 79.3 Å². The van der Waals surface area contributed by atoms with Crippen molar-refractivity contribution in [1.29, 1.82) is 0 Å². The third-order valence-electron chi connectivity index (χ3n) is 6.93. The third-order valence-corrected chi connectivity index (χ3v) is 6.93. The molecule has 0 bridgehead atoms. The standard InChI is InChI=1S/C30H32N6O/c1-21-5-10-26(19-28(21)35-30-32-15-11-27(34-30)25-4-3-14-31-20-25)33-29(37)24-8-6-22(7-9-24)18-23-12-16-36(2)17-13-23/h3-11,14-15,19-20,23H,12-13,16-18H2,1-2H3,(H,33,37)(H,32,34,35). The molecule has 0 saturated carbocycles. The summed E-state index contributed by atoms with van der Waals surface area (Å²) in [5.41, 5.74) is 6.20. The number of pyridine rings is 1. The number of nitrogens with zero attached hydrogens (tertiary/aromatic N) is 4. The van der Waals surface area contributed by atoms with Gasteiger partial charge in [-0.15, -0.1) is 0 Å². The molecule has 7 nitrogen and oxygen atoms in total. The van der Waals surface area contributed by atoms with E-state index in [1.165, 1.54) is 31.5 Å². The number of rotatable bonds is 7. The first-order valence-corrected chi connectivity index (χ1v) is 12.7. The van der Waals surface area contributed by atoms with E-state index in [9.17, 15) is 4.79 Å². The van der Waals surface area contributed by atoms with Gasteiger partial charge in [0.25, 0.3) is 5.91 Å². The maximum Gasteiger partial charge on any atom is 0.255 e. The molecule has 2 N–H and O–H groups in total. The molecule has 4 aromatic rings. The minimum atomic E-state index is -0.129. The van der Waals surface area contributed by atoms with Crippen molar-refractivity contribution in [1.82, 2.24) is 19.9 Å². The van der Waals surface area contributed by atoms with Gasteiger partial charge in [-0.2, -0.15) is 0 Å². The van der Waals surface area contributed by atoms with E-state index < -0.39 is 0 Å². The van der Waals surface area contributed by atoms with E-state index in [1.807, 2.05) is 55.5 Å². The highest BCUT2D eigenvalue weighted by atomic mass is 16.1. The summed E-state index contributed by atoms with van der Waals surface area (Å²) in [6.07, 6.45) is 8.77. The second-order valence-electron chi connectivity index (χ2n) is 9.76. The lowest BCUT2D eigenvalue weighted by atomic mass is 9.90. The number of aromatic nitrogens is 3. The lowest BCUT2D eigenvalue weighted by molar-refractivity contribution is 0.102. The van der Waals surface area contributed by atoms with Gasteiger partial charge >= 0.3 is 0 Å². The lowest BCUT2D eigenvalue weighted by Gasteiger charge is -2.28. The number of hydrogen-bond acceptors (Lipinski definition) is 6. The Balaban J connectivity index is 1.24. The van der Waals surface area contributed by atoms with E-state index in [-0.39, 0.29) is 5.91 Å². The molecule has 0 spiro atoms. The molecule has 3 heterocycles. The molecule has 2 aromatic carbocycles. The zero-order valence-electron chi connectivity index (χ0n) is 21.3. The number of aryl methyl sites for hydroxylation is 1. The molecule has 2 aromatic heterocycles. The van der Waals surface area contributed by atoms with Crippen molar-refractivity contribution >= 4 is 23.2 Å². The molecule has 0 aliphatic carbocycles. The molecule has 1 saturated heterocycles. The molecule has 1 fully saturated rings. The van der Waals surface area contributed by atoms with Crippen LogP contribution in [-0.4, -0.2) is 45.9 Å². The summed E-state index contributed by atoms with van der Waals surface area (Å²) in [4.78, 5) is 28.5. The average molecular weight is 493 g/mol. The number of piperidine rings is 1. The first-order valence-electron chi connectivity index (χ1n) is 12.7. The van der Waals surface area contributed by atoms with E-state index in [0.717, 1.165) is 34.8 Å². The van der Waals surface area contributed by atoms with Crippen LogP contribution >= 0.6 is 0 Å². The Morgan fingerprint density at radius 1 is 1.03 bits per heavy atom. The van der Waals surface area contributed by atoms with Crippen molar-refractivity contribution in [3.63, 3.8) is 0 Å². The van der Waals surface area contributed by atoms with Gasteiger partial charge in [0.1, 0.15) is 0 Å². The zero-order valence-corrected chi connectivity index (χ0v) is 21.3. The normalized spacial score (nSPS) is 14.3. The van der Waals surface area contributed by atoms with Crippen LogP contribution in [0.2, 0.25) is 0 Å².